The molecule has 1 aromatic rings. The Balaban J connectivity index is 2.04. The number of rotatable bonds is 2. The fourth-order valence-corrected chi connectivity index (χ4v) is 2.15. The maximum atomic E-state index is 9.61. The number of pyridine rings is 1. The van der Waals surface area contributed by atoms with Gasteiger partial charge in [-0.2, -0.15) is 0 Å². The molecule has 1 saturated heterocycles. The molecule has 0 radical (unpaired) electrons. The molecule has 0 aromatic carbocycles. The fourth-order valence-electron chi connectivity index (χ4n) is 2.15. The van der Waals surface area contributed by atoms with Crippen LogP contribution in [-0.4, -0.2) is 34.2 Å². The highest BCUT2D eigenvalue weighted by Crippen LogP contribution is 2.22. The van der Waals surface area contributed by atoms with Crippen LogP contribution in [-0.2, 0) is 0 Å². The van der Waals surface area contributed by atoms with Crippen molar-refractivity contribution < 1.29 is 5.11 Å². The van der Waals surface area contributed by atoms with E-state index in [0.717, 1.165) is 31.6 Å². The fraction of sp³-hybridized carbons (Fsp3) is 0.583. The maximum Gasteiger partial charge on any atom is 0.0667 e. The Morgan fingerprint density at radius 3 is 3.07 bits per heavy atom. The summed E-state index contributed by atoms with van der Waals surface area (Å²) in [4.78, 5) is 6.66. The van der Waals surface area contributed by atoms with Crippen molar-refractivity contribution in [2.45, 2.75) is 31.9 Å². The van der Waals surface area contributed by atoms with Crippen LogP contribution < -0.4 is 0 Å². The normalized spacial score (nSPS) is 25.1. The monoisotopic (exact) mass is 206 g/mol. The molecule has 1 N–H and O–H groups in total. The van der Waals surface area contributed by atoms with Gasteiger partial charge in [0, 0.05) is 18.8 Å². The minimum Gasteiger partial charge on any atom is -0.392 e. The zero-order chi connectivity index (χ0) is 10.7. The number of likely N-dealkylation sites (tertiary alicyclic amines) is 1. The van der Waals surface area contributed by atoms with Crippen LogP contribution in [0.3, 0.4) is 0 Å². The quantitative estimate of drug-likeness (QED) is 0.798. The lowest BCUT2D eigenvalue weighted by Gasteiger charge is -2.34. The lowest BCUT2D eigenvalue weighted by atomic mass is 10.0. The van der Waals surface area contributed by atoms with Crippen molar-refractivity contribution in [3.05, 3.63) is 30.1 Å². The molecule has 0 spiro atoms. The smallest absolute Gasteiger partial charge is 0.0667 e. The number of aliphatic hydroxyl groups is 1. The third-order valence-electron chi connectivity index (χ3n) is 3.09. The molecule has 0 bridgehead atoms. The van der Waals surface area contributed by atoms with Gasteiger partial charge in [0.15, 0.2) is 0 Å². The Labute approximate surface area is 90.8 Å². The summed E-state index contributed by atoms with van der Waals surface area (Å²) in [6.45, 7) is 3.99. The van der Waals surface area contributed by atoms with E-state index in [9.17, 15) is 5.11 Å². The number of nitrogens with zero attached hydrogens (tertiary/aromatic N) is 2. The molecular weight excluding hydrogens is 188 g/mol. The zero-order valence-electron chi connectivity index (χ0n) is 9.13. The maximum absolute atomic E-state index is 9.61. The van der Waals surface area contributed by atoms with Gasteiger partial charge in [0.2, 0.25) is 0 Å². The van der Waals surface area contributed by atoms with E-state index in [-0.39, 0.29) is 6.10 Å². The topological polar surface area (TPSA) is 36.4 Å². The molecule has 2 rings (SSSR count). The molecule has 1 fully saturated rings. The lowest BCUT2D eigenvalue weighted by Crippen LogP contribution is -2.39. The molecule has 0 aliphatic carbocycles. The molecule has 1 aliphatic heterocycles. The second-order valence-electron chi connectivity index (χ2n) is 4.22. The first-order chi connectivity index (χ1) is 7.27. The SMILES string of the molecule is C[C@H](c1ccccn1)N1CCC[C@@H](O)C1. The molecular formula is C12H18N2O. The third kappa shape index (κ3) is 2.55. The highest BCUT2D eigenvalue weighted by atomic mass is 16.3. The number of β-amino-alcohol motifs (C(OH)–C–C–N with tert-alkyl or cyclic N) is 1. The van der Waals surface area contributed by atoms with Crippen LogP contribution in [0.5, 0.6) is 0 Å². The lowest BCUT2D eigenvalue weighted by molar-refractivity contribution is 0.0494. The highest BCUT2D eigenvalue weighted by Gasteiger charge is 2.23. The van der Waals surface area contributed by atoms with E-state index in [2.05, 4.69) is 16.8 Å². The van der Waals surface area contributed by atoms with Crippen LogP contribution in [0.25, 0.3) is 0 Å². The molecule has 82 valence electrons. The first kappa shape index (κ1) is 10.6. The van der Waals surface area contributed by atoms with Gasteiger partial charge >= 0.3 is 0 Å². The average Bonchev–Trinajstić information content (AvgIpc) is 2.29. The number of hydrogen-bond acceptors (Lipinski definition) is 3. The molecule has 2 atom stereocenters. The van der Waals surface area contributed by atoms with E-state index in [1.807, 2.05) is 24.4 Å². The van der Waals surface area contributed by atoms with E-state index >= 15 is 0 Å². The van der Waals surface area contributed by atoms with Gasteiger partial charge in [-0.3, -0.25) is 9.88 Å². The molecule has 15 heavy (non-hydrogen) atoms. The van der Waals surface area contributed by atoms with Crippen LogP contribution in [0.15, 0.2) is 24.4 Å². The van der Waals surface area contributed by atoms with E-state index in [4.69, 9.17) is 0 Å². The van der Waals surface area contributed by atoms with Crippen LogP contribution in [0.2, 0.25) is 0 Å². The Morgan fingerprint density at radius 1 is 1.53 bits per heavy atom. The van der Waals surface area contributed by atoms with Crippen LogP contribution in [0, 0.1) is 0 Å². The summed E-state index contributed by atoms with van der Waals surface area (Å²) in [5.74, 6) is 0. The molecule has 0 amide bonds. The van der Waals surface area contributed by atoms with E-state index < -0.39 is 0 Å². The second-order valence-corrected chi connectivity index (χ2v) is 4.22. The van der Waals surface area contributed by atoms with E-state index in [1.54, 1.807) is 0 Å². The van der Waals surface area contributed by atoms with Gasteiger partial charge in [0.05, 0.1) is 11.8 Å². The molecule has 0 saturated carbocycles. The van der Waals surface area contributed by atoms with Crippen molar-refractivity contribution in [3.8, 4) is 0 Å². The Bertz CT molecular complexity index is 302. The van der Waals surface area contributed by atoms with Crippen molar-refractivity contribution in [2.75, 3.05) is 13.1 Å². The summed E-state index contributed by atoms with van der Waals surface area (Å²) in [5.41, 5.74) is 1.09. The molecule has 0 unspecified atom stereocenters. The average molecular weight is 206 g/mol. The van der Waals surface area contributed by atoms with Gasteiger partial charge in [-0.15, -0.1) is 0 Å². The van der Waals surface area contributed by atoms with Crippen molar-refractivity contribution in [2.24, 2.45) is 0 Å². The summed E-state index contributed by atoms with van der Waals surface area (Å²) in [6, 6.07) is 6.30. The number of piperidine rings is 1. The first-order valence-corrected chi connectivity index (χ1v) is 5.60. The summed E-state index contributed by atoms with van der Waals surface area (Å²) < 4.78 is 0. The van der Waals surface area contributed by atoms with Crippen molar-refractivity contribution >= 4 is 0 Å². The molecule has 1 aromatic heterocycles. The molecule has 3 heteroatoms. The predicted molar refractivity (Wildman–Crippen MR) is 59.5 cm³/mol. The van der Waals surface area contributed by atoms with Crippen molar-refractivity contribution in [1.82, 2.24) is 9.88 Å². The first-order valence-electron chi connectivity index (χ1n) is 5.60. The van der Waals surface area contributed by atoms with Crippen molar-refractivity contribution in [3.63, 3.8) is 0 Å². The minimum atomic E-state index is -0.162. The third-order valence-corrected chi connectivity index (χ3v) is 3.09. The molecule has 3 nitrogen and oxygen atoms in total. The minimum absolute atomic E-state index is 0.162. The second kappa shape index (κ2) is 4.73. The predicted octanol–water partition coefficient (Wildman–Crippen LogP) is 1.60. The van der Waals surface area contributed by atoms with Gasteiger partial charge in [0.25, 0.3) is 0 Å². The number of hydrogen-bond donors (Lipinski definition) is 1. The van der Waals surface area contributed by atoms with Crippen molar-refractivity contribution in [1.29, 1.82) is 0 Å². The standard InChI is InChI=1S/C12H18N2O/c1-10(12-6-2-3-7-13-12)14-8-4-5-11(15)9-14/h2-3,6-7,10-11,15H,4-5,8-9H2,1H3/t10-,11-/m1/s1. The summed E-state index contributed by atoms with van der Waals surface area (Å²) in [7, 11) is 0. The highest BCUT2D eigenvalue weighted by molar-refractivity contribution is 5.08. The number of aliphatic hydroxyl groups excluding tert-OH is 1. The summed E-state index contributed by atoms with van der Waals surface area (Å²) >= 11 is 0. The largest absolute Gasteiger partial charge is 0.392 e. The molecule has 1 aliphatic rings. The molecule has 2 heterocycles. The Kier molecular flexibility index (Phi) is 3.34. The van der Waals surface area contributed by atoms with Gasteiger partial charge in [-0.05, 0) is 38.4 Å². The van der Waals surface area contributed by atoms with Gasteiger partial charge < -0.3 is 5.11 Å². The van der Waals surface area contributed by atoms with Gasteiger partial charge in [0.1, 0.15) is 0 Å². The zero-order valence-corrected chi connectivity index (χ0v) is 9.13. The van der Waals surface area contributed by atoms with E-state index in [1.165, 1.54) is 0 Å². The summed E-state index contributed by atoms with van der Waals surface area (Å²) in [6.07, 6.45) is 3.68. The van der Waals surface area contributed by atoms with E-state index in [0.29, 0.717) is 6.04 Å². The van der Waals surface area contributed by atoms with Crippen LogP contribution >= 0.6 is 0 Å². The van der Waals surface area contributed by atoms with Crippen LogP contribution in [0.4, 0.5) is 0 Å². The number of aromatic nitrogens is 1. The van der Waals surface area contributed by atoms with Gasteiger partial charge in [-0.25, -0.2) is 0 Å². The van der Waals surface area contributed by atoms with Gasteiger partial charge in [-0.1, -0.05) is 6.07 Å². The Morgan fingerprint density at radius 2 is 2.40 bits per heavy atom. The van der Waals surface area contributed by atoms with Crippen LogP contribution in [0.1, 0.15) is 31.5 Å². The summed E-state index contributed by atoms with van der Waals surface area (Å²) in [5, 5.41) is 9.61. The Hall–Kier alpha value is -0.930.